The maximum Gasteiger partial charge on any atom is 0.330 e. The van der Waals surface area contributed by atoms with Gasteiger partial charge in [0.1, 0.15) is 6.23 Å². The van der Waals surface area contributed by atoms with E-state index in [1.165, 1.54) is 43.4 Å². The number of aromatic nitrogens is 2. The second kappa shape index (κ2) is 12.1. The number of aliphatic hydroxyl groups is 1. The molecule has 1 aliphatic heterocycles. The molecule has 1 fully saturated rings. The second-order valence-corrected chi connectivity index (χ2v) is 10.3. The first-order valence-corrected chi connectivity index (χ1v) is 13.7. The van der Waals surface area contributed by atoms with E-state index in [1.54, 1.807) is 0 Å². The number of benzene rings is 3. The normalized spacial score (nSPS) is 17.3. The number of ether oxygens (including phenoxy) is 2. The zero-order valence-corrected chi connectivity index (χ0v) is 22.4. The summed E-state index contributed by atoms with van der Waals surface area (Å²) in [6.07, 6.45) is 7.88. The van der Waals surface area contributed by atoms with Crippen LogP contribution in [0, 0.1) is 6.92 Å². The quantitative estimate of drug-likeness (QED) is 0.201. The van der Waals surface area contributed by atoms with E-state index in [0.717, 1.165) is 31.2 Å². The van der Waals surface area contributed by atoms with Gasteiger partial charge in [0, 0.05) is 12.8 Å². The van der Waals surface area contributed by atoms with Crippen LogP contribution in [-0.4, -0.2) is 34.0 Å². The summed E-state index contributed by atoms with van der Waals surface area (Å²) in [5.74, 6) is 0. The number of aryl methyl sites for hydroxylation is 2. The van der Waals surface area contributed by atoms with E-state index in [0.29, 0.717) is 25.0 Å². The molecular weight excluding hydrogens is 492 g/mol. The minimum Gasteiger partial charge on any atom is -0.394 e. The number of hydrogen-bond acceptors (Lipinski definition) is 5. The minimum atomic E-state index is -0.510. The average Bonchev–Trinajstić information content (AvgIpc) is 3.42. The number of fused-ring (bicyclic) bond motifs is 3. The molecule has 7 nitrogen and oxygen atoms in total. The van der Waals surface area contributed by atoms with Gasteiger partial charge in [-0.15, -0.1) is 0 Å². The zero-order valence-electron chi connectivity index (χ0n) is 22.4. The number of nitrogens with one attached hydrogen (secondary N) is 1. The van der Waals surface area contributed by atoms with Crippen LogP contribution in [-0.2, 0) is 22.5 Å². The Morgan fingerprint density at radius 1 is 1.08 bits per heavy atom. The van der Waals surface area contributed by atoms with Crippen LogP contribution in [0.25, 0.3) is 27.6 Å². The van der Waals surface area contributed by atoms with E-state index in [2.05, 4.69) is 61.0 Å². The molecule has 0 radical (unpaired) electrons. The van der Waals surface area contributed by atoms with Crippen LogP contribution in [0.3, 0.4) is 0 Å². The van der Waals surface area contributed by atoms with Crippen molar-refractivity contribution in [2.75, 3.05) is 13.2 Å². The lowest BCUT2D eigenvalue weighted by Gasteiger charge is -2.15. The Hall–Kier alpha value is -3.52. The minimum absolute atomic E-state index is 0.0858. The lowest BCUT2D eigenvalue weighted by atomic mass is 9.90. The largest absolute Gasteiger partial charge is 0.394 e. The van der Waals surface area contributed by atoms with E-state index in [-0.39, 0.29) is 19.3 Å². The highest BCUT2D eigenvalue weighted by Crippen LogP contribution is 2.34. The molecule has 0 aliphatic carbocycles. The van der Waals surface area contributed by atoms with Crippen molar-refractivity contribution in [2.45, 2.75) is 64.4 Å². The van der Waals surface area contributed by atoms with Gasteiger partial charge >= 0.3 is 5.69 Å². The van der Waals surface area contributed by atoms with Crippen LogP contribution in [0.2, 0.25) is 0 Å². The molecule has 204 valence electrons. The van der Waals surface area contributed by atoms with Crippen LogP contribution in [0.1, 0.15) is 60.6 Å². The first-order chi connectivity index (χ1) is 19.0. The fraction of sp³-hybridized carbons (Fsp3) is 0.375. The van der Waals surface area contributed by atoms with Gasteiger partial charge in [-0.2, -0.15) is 0 Å². The highest BCUT2D eigenvalue weighted by molar-refractivity contribution is 6.13. The van der Waals surface area contributed by atoms with Crippen LogP contribution >= 0.6 is 0 Å². The molecule has 0 saturated carbocycles. The second-order valence-electron chi connectivity index (χ2n) is 10.3. The molecule has 3 aromatic carbocycles. The van der Waals surface area contributed by atoms with Crippen molar-refractivity contribution in [3.8, 4) is 0 Å². The van der Waals surface area contributed by atoms with Crippen molar-refractivity contribution < 1.29 is 14.6 Å². The Morgan fingerprint density at radius 2 is 1.95 bits per heavy atom. The summed E-state index contributed by atoms with van der Waals surface area (Å²) < 4.78 is 12.9. The van der Waals surface area contributed by atoms with Gasteiger partial charge in [0.25, 0.3) is 5.56 Å². The maximum absolute atomic E-state index is 12.3. The first kappa shape index (κ1) is 27.1. The topological polar surface area (TPSA) is 93.6 Å². The molecule has 2 atom stereocenters. The fourth-order valence-corrected chi connectivity index (χ4v) is 5.63. The molecule has 2 unspecified atom stereocenters. The summed E-state index contributed by atoms with van der Waals surface area (Å²) in [4.78, 5) is 26.9. The summed E-state index contributed by atoms with van der Waals surface area (Å²) in [6.45, 7) is 6.79. The summed E-state index contributed by atoms with van der Waals surface area (Å²) in [7, 11) is 0. The third-order valence-electron chi connectivity index (χ3n) is 7.71. The Labute approximate surface area is 227 Å². The summed E-state index contributed by atoms with van der Waals surface area (Å²) in [6, 6.07) is 15.3. The van der Waals surface area contributed by atoms with Gasteiger partial charge in [0.15, 0.2) is 0 Å². The van der Waals surface area contributed by atoms with Crippen molar-refractivity contribution in [2.24, 2.45) is 0 Å². The summed E-state index contributed by atoms with van der Waals surface area (Å²) in [5, 5.41) is 14.4. The van der Waals surface area contributed by atoms with Crippen molar-refractivity contribution in [1.29, 1.82) is 0 Å². The van der Waals surface area contributed by atoms with Crippen LogP contribution in [0.4, 0.5) is 0 Å². The first-order valence-electron chi connectivity index (χ1n) is 13.7. The smallest absolute Gasteiger partial charge is 0.330 e. The molecule has 7 heteroatoms. The molecule has 2 heterocycles. The summed E-state index contributed by atoms with van der Waals surface area (Å²) >= 11 is 0. The van der Waals surface area contributed by atoms with E-state index in [9.17, 15) is 14.7 Å². The van der Waals surface area contributed by atoms with Gasteiger partial charge in [-0.05, 0) is 77.3 Å². The monoisotopic (exact) mass is 528 g/mol. The van der Waals surface area contributed by atoms with E-state index < -0.39 is 17.5 Å². The van der Waals surface area contributed by atoms with Crippen molar-refractivity contribution in [1.82, 2.24) is 9.55 Å². The van der Waals surface area contributed by atoms with Gasteiger partial charge in [-0.25, -0.2) is 4.79 Å². The molecule has 1 aromatic heterocycles. The Bertz CT molecular complexity index is 1600. The number of hydrogen-bond donors (Lipinski definition) is 2. The maximum atomic E-state index is 12.3. The molecule has 1 saturated heterocycles. The fourth-order valence-electron chi connectivity index (χ4n) is 5.63. The molecule has 4 aromatic rings. The number of H-pyrrole nitrogens is 1. The van der Waals surface area contributed by atoms with E-state index in [4.69, 9.17) is 9.47 Å². The third kappa shape index (κ3) is 5.76. The van der Waals surface area contributed by atoms with Gasteiger partial charge in [-0.1, -0.05) is 61.5 Å². The Balaban J connectivity index is 1.16. The van der Waals surface area contributed by atoms with Gasteiger partial charge in [-0.3, -0.25) is 14.3 Å². The lowest BCUT2D eigenvalue weighted by molar-refractivity contribution is -0.0249. The molecule has 1 aliphatic rings. The van der Waals surface area contributed by atoms with Gasteiger partial charge in [0.05, 0.1) is 24.9 Å². The average molecular weight is 529 g/mol. The predicted molar refractivity (Wildman–Crippen MR) is 155 cm³/mol. The SMILES string of the molecule is C=Cc1ccc(CCCCCOCc2cn(C3CCC(CO)O3)c(=O)[nH]c2=O)c2ccc3cccc(C)c3c12. The van der Waals surface area contributed by atoms with Crippen LogP contribution in [0.5, 0.6) is 0 Å². The molecule has 5 rings (SSSR count). The number of rotatable bonds is 11. The van der Waals surface area contributed by atoms with Crippen molar-refractivity contribution >= 4 is 27.6 Å². The number of aliphatic hydroxyl groups excluding tert-OH is 1. The predicted octanol–water partition coefficient (Wildman–Crippen LogP) is 5.39. The third-order valence-corrected chi connectivity index (χ3v) is 7.71. The Kier molecular flexibility index (Phi) is 8.41. The zero-order chi connectivity index (χ0) is 27.4. The van der Waals surface area contributed by atoms with Gasteiger partial charge in [0.2, 0.25) is 0 Å². The molecule has 39 heavy (non-hydrogen) atoms. The number of nitrogens with zero attached hydrogens (tertiary/aromatic N) is 1. The molecule has 0 amide bonds. The molecular formula is C32H36N2O5. The number of unbranched alkanes of at least 4 members (excludes halogenated alkanes) is 2. The highest BCUT2D eigenvalue weighted by Gasteiger charge is 2.27. The molecule has 2 N–H and O–H groups in total. The van der Waals surface area contributed by atoms with Crippen molar-refractivity contribution in [3.63, 3.8) is 0 Å². The van der Waals surface area contributed by atoms with E-state index >= 15 is 0 Å². The van der Waals surface area contributed by atoms with Gasteiger partial charge < -0.3 is 14.6 Å². The van der Waals surface area contributed by atoms with Crippen LogP contribution < -0.4 is 11.2 Å². The molecule has 0 spiro atoms. The lowest BCUT2D eigenvalue weighted by Crippen LogP contribution is -2.34. The van der Waals surface area contributed by atoms with E-state index in [1.807, 2.05) is 6.08 Å². The molecule has 0 bridgehead atoms. The Morgan fingerprint density at radius 3 is 2.74 bits per heavy atom. The van der Waals surface area contributed by atoms with Crippen molar-refractivity contribution in [3.05, 3.63) is 98.3 Å². The summed E-state index contributed by atoms with van der Waals surface area (Å²) in [5.41, 5.74) is 3.22. The standard InChI is InChI=1S/C32H36N2O5/c1-3-22-11-12-23(27-15-13-24-10-7-8-21(2)29(24)30(22)27)9-5-4-6-17-38-20-25-18-34(32(37)33-31(25)36)28-16-14-26(19-35)39-28/h3,7-8,10-13,15,18,26,28,35H,1,4-6,9,14,16-17,19-20H2,2H3,(H,33,36,37). The highest BCUT2D eigenvalue weighted by atomic mass is 16.5. The number of aromatic amines is 1. The van der Waals surface area contributed by atoms with Crippen LogP contribution in [0.15, 0.2) is 64.8 Å².